The predicted molar refractivity (Wildman–Crippen MR) is 112 cm³/mol. The summed E-state index contributed by atoms with van der Waals surface area (Å²) >= 11 is 0. The molecule has 0 aliphatic carbocycles. The van der Waals surface area contributed by atoms with Crippen molar-refractivity contribution in [3.05, 3.63) is 41.8 Å². The molecule has 1 aromatic carbocycles. The van der Waals surface area contributed by atoms with Crippen LogP contribution in [0.4, 0.5) is 4.39 Å². The normalized spacial score (nSPS) is 16.0. The van der Waals surface area contributed by atoms with E-state index in [1.165, 1.54) is 18.6 Å². The Kier molecular flexibility index (Phi) is 8.93. The first kappa shape index (κ1) is 22.4. The van der Waals surface area contributed by atoms with Crippen LogP contribution in [-0.2, 0) is 11.2 Å². The number of benzene rings is 1. The summed E-state index contributed by atoms with van der Waals surface area (Å²) in [5.41, 5.74) is 2.85. The molecular weight excluding hydrogens is 379 g/mol. The quantitative estimate of drug-likeness (QED) is 0.617. The Labute approximate surface area is 172 Å². The molecule has 1 atom stereocenters. The fourth-order valence-electron chi connectivity index (χ4n) is 3.52. The molecular formula is C21H30ClFN4O. The molecule has 2 N–H and O–H groups in total. The van der Waals surface area contributed by atoms with Crippen molar-refractivity contribution in [2.75, 3.05) is 20.1 Å². The third-order valence-electron chi connectivity index (χ3n) is 5.22. The van der Waals surface area contributed by atoms with Gasteiger partial charge in [-0.1, -0.05) is 6.42 Å². The maximum absolute atomic E-state index is 13.0. The molecule has 1 aromatic heterocycles. The fourth-order valence-corrected chi connectivity index (χ4v) is 3.52. The predicted octanol–water partition coefficient (Wildman–Crippen LogP) is 3.95. The lowest BCUT2D eigenvalue weighted by molar-refractivity contribution is -0.130. The average molecular weight is 409 g/mol. The van der Waals surface area contributed by atoms with Gasteiger partial charge in [0.05, 0.1) is 5.69 Å². The van der Waals surface area contributed by atoms with Crippen molar-refractivity contribution in [2.24, 2.45) is 0 Å². The summed E-state index contributed by atoms with van der Waals surface area (Å²) in [6.45, 7) is 1.85. The highest BCUT2D eigenvalue weighted by Gasteiger charge is 2.19. The zero-order valence-electron chi connectivity index (χ0n) is 16.4. The van der Waals surface area contributed by atoms with E-state index in [-0.39, 0.29) is 24.1 Å². The molecule has 0 bridgehead atoms. The molecule has 7 heteroatoms. The van der Waals surface area contributed by atoms with Gasteiger partial charge < -0.3 is 10.2 Å². The summed E-state index contributed by atoms with van der Waals surface area (Å²) in [6.07, 6.45) is 6.98. The van der Waals surface area contributed by atoms with Gasteiger partial charge in [0.15, 0.2) is 0 Å². The molecule has 0 saturated carbocycles. The minimum absolute atomic E-state index is 0. The highest BCUT2D eigenvalue weighted by molar-refractivity contribution is 5.85. The van der Waals surface area contributed by atoms with Crippen molar-refractivity contribution < 1.29 is 9.18 Å². The smallest absolute Gasteiger partial charge is 0.223 e. The Balaban J connectivity index is 0.00000280. The number of carbonyl (C=O) groups is 1. The number of amides is 1. The summed E-state index contributed by atoms with van der Waals surface area (Å²) in [5, 5.41) is 10.7. The Hall–Kier alpha value is -1.92. The lowest BCUT2D eigenvalue weighted by atomic mass is 10.1. The van der Waals surface area contributed by atoms with Crippen LogP contribution in [0.1, 0.15) is 44.2 Å². The second-order valence-electron chi connectivity index (χ2n) is 7.41. The number of rotatable bonds is 9. The molecule has 1 fully saturated rings. The molecule has 2 heterocycles. The van der Waals surface area contributed by atoms with Crippen LogP contribution < -0.4 is 5.32 Å². The number of carbonyl (C=O) groups excluding carboxylic acids is 1. The van der Waals surface area contributed by atoms with Gasteiger partial charge in [-0.25, -0.2) is 4.39 Å². The van der Waals surface area contributed by atoms with Crippen LogP contribution in [0.5, 0.6) is 0 Å². The van der Waals surface area contributed by atoms with Crippen molar-refractivity contribution in [3.63, 3.8) is 0 Å². The van der Waals surface area contributed by atoms with E-state index in [0.717, 1.165) is 62.1 Å². The summed E-state index contributed by atoms with van der Waals surface area (Å²) in [4.78, 5) is 14.1. The van der Waals surface area contributed by atoms with E-state index < -0.39 is 0 Å². The molecule has 154 valence electrons. The second-order valence-corrected chi connectivity index (χ2v) is 7.41. The van der Waals surface area contributed by atoms with Crippen LogP contribution in [0.3, 0.4) is 0 Å². The zero-order chi connectivity index (χ0) is 19.1. The van der Waals surface area contributed by atoms with Gasteiger partial charge in [0.1, 0.15) is 5.82 Å². The summed E-state index contributed by atoms with van der Waals surface area (Å²) in [7, 11) is 1.90. The number of H-pyrrole nitrogens is 1. The van der Waals surface area contributed by atoms with Crippen LogP contribution in [0.25, 0.3) is 11.3 Å². The number of aromatic amines is 1. The molecule has 5 nitrogen and oxygen atoms in total. The van der Waals surface area contributed by atoms with Gasteiger partial charge in [0.25, 0.3) is 0 Å². The van der Waals surface area contributed by atoms with Gasteiger partial charge in [-0.15, -0.1) is 12.4 Å². The highest BCUT2D eigenvalue weighted by atomic mass is 35.5. The largest absolute Gasteiger partial charge is 0.346 e. The summed E-state index contributed by atoms with van der Waals surface area (Å²) in [6, 6.07) is 8.77. The van der Waals surface area contributed by atoms with Crippen molar-refractivity contribution in [1.82, 2.24) is 20.4 Å². The van der Waals surface area contributed by atoms with E-state index in [4.69, 9.17) is 0 Å². The number of aryl methyl sites for hydroxylation is 1. The molecule has 0 radical (unpaired) electrons. The standard InChI is InChI=1S/C21H29FN4O.ClH/c1-26(21(27)15-18-7-5-12-23-18)13-4-2-3-6-19-14-20(25-24-19)16-8-10-17(22)11-9-16;/h8-11,14,18,23H,2-7,12-13,15H2,1H3,(H,24,25);1H. The van der Waals surface area contributed by atoms with Gasteiger partial charge in [-0.3, -0.25) is 9.89 Å². The van der Waals surface area contributed by atoms with Gasteiger partial charge in [-0.05, 0) is 69.0 Å². The molecule has 1 aliphatic heterocycles. The van der Waals surface area contributed by atoms with Crippen LogP contribution in [-0.4, -0.2) is 47.2 Å². The number of nitrogens with one attached hydrogen (secondary N) is 2. The Bertz CT molecular complexity index is 728. The van der Waals surface area contributed by atoms with Gasteiger partial charge in [0.2, 0.25) is 5.91 Å². The van der Waals surface area contributed by atoms with Crippen LogP contribution in [0.2, 0.25) is 0 Å². The van der Waals surface area contributed by atoms with Crippen LogP contribution in [0.15, 0.2) is 30.3 Å². The summed E-state index contributed by atoms with van der Waals surface area (Å²) < 4.78 is 13.0. The third-order valence-corrected chi connectivity index (χ3v) is 5.22. The molecule has 2 aromatic rings. The lowest BCUT2D eigenvalue weighted by Gasteiger charge is -2.19. The molecule has 0 spiro atoms. The molecule has 1 aliphatic rings. The number of halogens is 2. The SMILES string of the molecule is CN(CCCCCc1cc(-c2ccc(F)cc2)n[nH]1)C(=O)CC1CCCN1.Cl. The minimum Gasteiger partial charge on any atom is -0.346 e. The van der Waals surface area contributed by atoms with E-state index in [1.807, 2.05) is 18.0 Å². The molecule has 1 amide bonds. The first-order valence-electron chi connectivity index (χ1n) is 9.89. The number of hydrogen-bond acceptors (Lipinski definition) is 3. The van der Waals surface area contributed by atoms with Crippen LogP contribution in [0, 0.1) is 5.82 Å². The number of unbranched alkanes of at least 4 members (excludes halogenated alkanes) is 2. The monoisotopic (exact) mass is 408 g/mol. The number of hydrogen-bond donors (Lipinski definition) is 2. The Morgan fingerprint density at radius 1 is 1.25 bits per heavy atom. The van der Waals surface area contributed by atoms with E-state index >= 15 is 0 Å². The minimum atomic E-state index is -0.238. The van der Waals surface area contributed by atoms with Crippen molar-refractivity contribution in [3.8, 4) is 11.3 Å². The van der Waals surface area contributed by atoms with Gasteiger partial charge in [-0.2, -0.15) is 5.10 Å². The van der Waals surface area contributed by atoms with E-state index in [2.05, 4.69) is 15.5 Å². The van der Waals surface area contributed by atoms with Crippen LogP contribution >= 0.6 is 12.4 Å². The molecule has 1 unspecified atom stereocenters. The first-order valence-corrected chi connectivity index (χ1v) is 9.89. The van der Waals surface area contributed by atoms with Crippen molar-refractivity contribution >= 4 is 18.3 Å². The van der Waals surface area contributed by atoms with Gasteiger partial charge in [0, 0.05) is 37.3 Å². The summed E-state index contributed by atoms with van der Waals surface area (Å²) in [5.74, 6) is 0.00405. The molecule has 3 rings (SSSR count). The van der Waals surface area contributed by atoms with E-state index in [0.29, 0.717) is 12.5 Å². The number of nitrogens with zero attached hydrogens (tertiary/aromatic N) is 2. The van der Waals surface area contributed by atoms with E-state index in [9.17, 15) is 9.18 Å². The average Bonchev–Trinajstić information content (AvgIpc) is 3.34. The Morgan fingerprint density at radius 3 is 2.75 bits per heavy atom. The van der Waals surface area contributed by atoms with Gasteiger partial charge >= 0.3 is 0 Å². The maximum atomic E-state index is 13.0. The zero-order valence-corrected chi connectivity index (χ0v) is 17.2. The number of aromatic nitrogens is 2. The van der Waals surface area contributed by atoms with Crippen molar-refractivity contribution in [1.29, 1.82) is 0 Å². The maximum Gasteiger partial charge on any atom is 0.223 e. The fraction of sp³-hybridized carbons (Fsp3) is 0.524. The Morgan fingerprint density at radius 2 is 2.04 bits per heavy atom. The molecule has 28 heavy (non-hydrogen) atoms. The highest BCUT2D eigenvalue weighted by Crippen LogP contribution is 2.19. The first-order chi connectivity index (χ1) is 13.1. The molecule has 1 saturated heterocycles. The second kappa shape index (κ2) is 11.2. The van der Waals surface area contributed by atoms with E-state index in [1.54, 1.807) is 12.1 Å². The lowest BCUT2D eigenvalue weighted by Crippen LogP contribution is -2.33. The third kappa shape index (κ3) is 6.60. The topological polar surface area (TPSA) is 61.0 Å². The van der Waals surface area contributed by atoms with Crippen molar-refractivity contribution in [2.45, 2.75) is 51.0 Å².